The Balaban J connectivity index is 2.35. The predicted molar refractivity (Wildman–Crippen MR) is 57.8 cm³/mol. The number of carbonyl (C=O) groups excluding carboxylic acids is 1. The summed E-state index contributed by atoms with van der Waals surface area (Å²) < 4.78 is 10.3. The molecule has 1 rings (SSSR count). The van der Waals surface area contributed by atoms with Crippen molar-refractivity contribution in [1.82, 2.24) is 4.90 Å². The van der Waals surface area contributed by atoms with Gasteiger partial charge in [-0.15, -0.1) is 0 Å². The molecular formula is C11H21NO3. The average molecular weight is 215 g/mol. The van der Waals surface area contributed by atoms with Crippen LogP contribution in [0.5, 0.6) is 0 Å². The molecular weight excluding hydrogens is 194 g/mol. The second-order valence-electron chi connectivity index (χ2n) is 3.98. The van der Waals surface area contributed by atoms with Crippen LogP contribution in [0.2, 0.25) is 0 Å². The number of methoxy groups -OCH3 is 1. The summed E-state index contributed by atoms with van der Waals surface area (Å²) in [7, 11) is 3.57. The lowest BCUT2D eigenvalue weighted by molar-refractivity contribution is 0.0388. The number of hydrogen-bond acceptors (Lipinski definition) is 3. The molecule has 0 N–H and O–H groups in total. The van der Waals surface area contributed by atoms with Crippen LogP contribution in [-0.4, -0.2) is 43.9 Å². The first kappa shape index (κ1) is 12.3. The van der Waals surface area contributed by atoms with Gasteiger partial charge in [-0.2, -0.15) is 0 Å². The van der Waals surface area contributed by atoms with Gasteiger partial charge in [0.05, 0.1) is 12.7 Å². The molecule has 0 atom stereocenters. The van der Waals surface area contributed by atoms with E-state index >= 15 is 0 Å². The van der Waals surface area contributed by atoms with Crippen molar-refractivity contribution in [2.24, 2.45) is 0 Å². The zero-order chi connectivity index (χ0) is 11.3. The van der Waals surface area contributed by atoms with Gasteiger partial charge in [0.2, 0.25) is 0 Å². The summed E-state index contributed by atoms with van der Waals surface area (Å²) >= 11 is 0. The second-order valence-corrected chi connectivity index (χ2v) is 3.98. The minimum atomic E-state index is -0.210. The van der Waals surface area contributed by atoms with Crippen LogP contribution in [0.4, 0.5) is 4.79 Å². The molecule has 0 unspecified atom stereocenters. The fourth-order valence-electron chi connectivity index (χ4n) is 2.04. The van der Waals surface area contributed by atoms with Crippen LogP contribution in [-0.2, 0) is 9.47 Å². The monoisotopic (exact) mass is 215 g/mol. The summed E-state index contributed by atoms with van der Waals surface area (Å²) in [5.41, 5.74) is 0. The van der Waals surface area contributed by atoms with E-state index in [-0.39, 0.29) is 6.09 Å². The molecule has 0 aliphatic heterocycles. The van der Waals surface area contributed by atoms with E-state index < -0.39 is 0 Å². The topological polar surface area (TPSA) is 38.8 Å². The molecule has 1 amide bonds. The van der Waals surface area contributed by atoms with Gasteiger partial charge in [-0.1, -0.05) is 0 Å². The number of nitrogens with zero attached hydrogens (tertiary/aromatic N) is 1. The molecule has 0 aromatic heterocycles. The van der Waals surface area contributed by atoms with E-state index in [1.807, 2.05) is 14.0 Å². The van der Waals surface area contributed by atoms with E-state index in [2.05, 4.69) is 0 Å². The van der Waals surface area contributed by atoms with Gasteiger partial charge in [0.25, 0.3) is 0 Å². The van der Waals surface area contributed by atoms with Crippen molar-refractivity contribution in [3.05, 3.63) is 0 Å². The van der Waals surface area contributed by atoms with Crippen LogP contribution in [0.15, 0.2) is 0 Å². The Hall–Kier alpha value is -0.770. The van der Waals surface area contributed by atoms with Crippen molar-refractivity contribution < 1.29 is 14.3 Å². The van der Waals surface area contributed by atoms with Gasteiger partial charge in [-0.3, -0.25) is 0 Å². The van der Waals surface area contributed by atoms with Crippen LogP contribution in [0.25, 0.3) is 0 Å². The maximum Gasteiger partial charge on any atom is 0.409 e. The number of rotatable bonds is 3. The predicted octanol–water partition coefficient (Wildman–Crippen LogP) is 2.03. The molecule has 0 aromatic rings. The molecule has 0 saturated heterocycles. The summed E-state index contributed by atoms with van der Waals surface area (Å²) in [5, 5.41) is 0. The van der Waals surface area contributed by atoms with Crippen molar-refractivity contribution in [1.29, 1.82) is 0 Å². The number of hydrogen-bond donors (Lipinski definition) is 0. The van der Waals surface area contributed by atoms with Crippen molar-refractivity contribution in [3.63, 3.8) is 0 Å². The maximum absolute atomic E-state index is 11.5. The van der Waals surface area contributed by atoms with Gasteiger partial charge < -0.3 is 14.4 Å². The van der Waals surface area contributed by atoms with Gasteiger partial charge in [0.15, 0.2) is 0 Å². The van der Waals surface area contributed by atoms with Crippen molar-refractivity contribution in [2.45, 2.75) is 44.8 Å². The number of ether oxygens (including phenoxy) is 2. The molecule has 0 heterocycles. The maximum atomic E-state index is 11.5. The molecule has 0 radical (unpaired) electrons. The Bertz CT molecular complexity index is 200. The number of amides is 1. The summed E-state index contributed by atoms with van der Waals surface area (Å²) in [6.45, 7) is 2.27. The third kappa shape index (κ3) is 3.38. The SMILES string of the molecule is CCOC(=O)N(C)[C@H]1CC[C@H](OC)CC1. The van der Waals surface area contributed by atoms with Gasteiger partial charge in [0, 0.05) is 20.2 Å². The van der Waals surface area contributed by atoms with Crippen LogP contribution in [0, 0.1) is 0 Å². The van der Waals surface area contributed by atoms with Crippen LogP contribution in [0.1, 0.15) is 32.6 Å². The Labute approximate surface area is 91.5 Å². The molecule has 1 aliphatic rings. The van der Waals surface area contributed by atoms with Crippen LogP contribution >= 0.6 is 0 Å². The molecule has 15 heavy (non-hydrogen) atoms. The van der Waals surface area contributed by atoms with E-state index in [0.29, 0.717) is 18.8 Å². The van der Waals surface area contributed by atoms with E-state index in [9.17, 15) is 4.79 Å². The molecule has 0 bridgehead atoms. The Morgan fingerprint density at radius 3 is 2.40 bits per heavy atom. The summed E-state index contributed by atoms with van der Waals surface area (Å²) in [6, 6.07) is 0.315. The lowest BCUT2D eigenvalue weighted by Crippen LogP contribution is -2.40. The Morgan fingerprint density at radius 1 is 1.33 bits per heavy atom. The lowest BCUT2D eigenvalue weighted by atomic mass is 9.92. The minimum absolute atomic E-state index is 0.210. The quantitative estimate of drug-likeness (QED) is 0.723. The Morgan fingerprint density at radius 2 is 1.93 bits per heavy atom. The van der Waals surface area contributed by atoms with Gasteiger partial charge in [0.1, 0.15) is 0 Å². The molecule has 0 aromatic carbocycles. The molecule has 4 nitrogen and oxygen atoms in total. The highest BCUT2D eigenvalue weighted by Gasteiger charge is 2.26. The molecule has 0 spiro atoms. The summed E-state index contributed by atoms with van der Waals surface area (Å²) in [6.07, 6.45) is 4.24. The van der Waals surface area contributed by atoms with Gasteiger partial charge in [-0.05, 0) is 32.6 Å². The van der Waals surface area contributed by atoms with Crippen LogP contribution < -0.4 is 0 Å². The molecule has 1 aliphatic carbocycles. The second kappa shape index (κ2) is 5.95. The normalized spacial score (nSPS) is 26.1. The fourth-order valence-corrected chi connectivity index (χ4v) is 2.04. The van der Waals surface area contributed by atoms with Gasteiger partial charge >= 0.3 is 6.09 Å². The molecule has 4 heteroatoms. The summed E-state index contributed by atoms with van der Waals surface area (Å²) in [5.74, 6) is 0. The van der Waals surface area contributed by atoms with E-state index in [0.717, 1.165) is 25.7 Å². The first-order valence-corrected chi connectivity index (χ1v) is 5.61. The van der Waals surface area contributed by atoms with Crippen molar-refractivity contribution in [3.8, 4) is 0 Å². The van der Waals surface area contributed by atoms with E-state index in [4.69, 9.17) is 9.47 Å². The van der Waals surface area contributed by atoms with E-state index in [1.54, 1.807) is 12.0 Å². The average Bonchev–Trinajstić information content (AvgIpc) is 2.28. The zero-order valence-electron chi connectivity index (χ0n) is 9.86. The highest BCUT2D eigenvalue weighted by atomic mass is 16.6. The first-order chi connectivity index (χ1) is 7.19. The number of carbonyl (C=O) groups is 1. The standard InChI is InChI=1S/C11H21NO3/c1-4-15-11(13)12(2)9-5-7-10(14-3)8-6-9/h9-10H,4-8H2,1-3H3/t9-,10-. The van der Waals surface area contributed by atoms with Crippen LogP contribution in [0.3, 0.4) is 0 Å². The molecule has 1 fully saturated rings. The molecule has 88 valence electrons. The van der Waals surface area contributed by atoms with E-state index in [1.165, 1.54) is 0 Å². The van der Waals surface area contributed by atoms with Crippen molar-refractivity contribution in [2.75, 3.05) is 20.8 Å². The minimum Gasteiger partial charge on any atom is -0.450 e. The largest absolute Gasteiger partial charge is 0.450 e. The lowest BCUT2D eigenvalue weighted by Gasteiger charge is -2.33. The third-order valence-corrected chi connectivity index (χ3v) is 3.08. The highest BCUT2D eigenvalue weighted by molar-refractivity contribution is 5.67. The highest BCUT2D eigenvalue weighted by Crippen LogP contribution is 2.24. The third-order valence-electron chi connectivity index (χ3n) is 3.08. The summed E-state index contributed by atoms with van der Waals surface area (Å²) in [4.78, 5) is 13.2. The first-order valence-electron chi connectivity index (χ1n) is 5.61. The zero-order valence-corrected chi connectivity index (χ0v) is 9.86. The molecule has 1 saturated carbocycles. The fraction of sp³-hybridized carbons (Fsp3) is 0.909. The smallest absolute Gasteiger partial charge is 0.409 e. The van der Waals surface area contributed by atoms with Crippen molar-refractivity contribution >= 4 is 6.09 Å². The Kier molecular flexibility index (Phi) is 4.88. The van der Waals surface area contributed by atoms with Gasteiger partial charge in [-0.25, -0.2) is 4.79 Å².